The van der Waals surface area contributed by atoms with Gasteiger partial charge in [-0.2, -0.15) is 0 Å². The second kappa shape index (κ2) is 3.71. The number of hydrogen-bond donors (Lipinski definition) is 1. The van der Waals surface area contributed by atoms with Gasteiger partial charge in [0, 0.05) is 12.4 Å². The molecule has 5 nitrogen and oxygen atoms in total. The van der Waals surface area contributed by atoms with Gasteiger partial charge in [0.05, 0.1) is 11.2 Å². The molecule has 0 aliphatic carbocycles. The van der Waals surface area contributed by atoms with E-state index in [4.69, 9.17) is 9.31 Å². The van der Waals surface area contributed by atoms with Crippen LogP contribution in [0, 0.1) is 0 Å². The average Bonchev–Trinajstić information content (AvgIpc) is 2.36. The molecule has 1 N–H and O–H groups in total. The number of nitrogens with one attached hydrogen (secondary N) is 1. The lowest BCUT2D eigenvalue weighted by molar-refractivity contribution is 0.00578. The van der Waals surface area contributed by atoms with E-state index in [1.165, 1.54) is 0 Å². The predicted octanol–water partition coefficient (Wildman–Crippen LogP) is 1.48. The lowest BCUT2D eigenvalue weighted by atomic mass is 9.90. The van der Waals surface area contributed by atoms with Crippen molar-refractivity contribution in [3.63, 3.8) is 0 Å². The Labute approximate surface area is 95.7 Å². The molecule has 0 atom stereocenters. The van der Waals surface area contributed by atoms with Gasteiger partial charge in [0.25, 0.3) is 0 Å². The lowest BCUT2D eigenvalue weighted by Crippen LogP contribution is -2.41. The van der Waals surface area contributed by atoms with Crippen LogP contribution >= 0.6 is 0 Å². The van der Waals surface area contributed by atoms with E-state index in [2.05, 4.69) is 15.2 Å². The van der Waals surface area contributed by atoms with Gasteiger partial charge in [-0.3, -0.25) is 0 Å². The van der Waals surface area contributed by atoms with Gasteiger partial charge < -0.3 is 14.5 Å². The minimum absolute atomic E-state index is 0.348. The van der Waals surface area contributed by atoms with Crippen LogP contribution in [0.4, 0.5) is 5.95 Å². The first-order valence-corrected chi connectivity index (χ1v) is 5.30. The summed E-state index contributed by atoms with van der Waals surface area (Å²) in [4.78, 5) is 8.11. The van der Waals surface area contributed by atoms with Crippen LogP contribution in [0.5, 0.6) is 0 Å². The fraction of sp³-hybridized carbons (Fsp3) is 0.600. The molecule has 2 heterocycles. The predicted molar refractivity (Wildman–Crippen MR) is 61.7 cm³/mol. The van der Waals surface area contributed by atoms with E-state index in [0.29, 0.717) is 5.95 Å². The summed E-state index contributed by atoms with van der Waals surface area (Å²) in [7, 11) is -0.507. The van der Waals surface area contributed by atoms with Crippen molar-refractivity contribution in [3.8, 4) is 0 Å². The van der Waals surface area contributed by atoms with Crippen LogP contribution in [0.15, 0.2) is 18.5 Å². The Bertz CT molecular complexity index is 354. The Kier molecular flexibility index (Phi) is 2.63. The first kappa shape index (κ1) is 11.4. The molecular formula is C10H16BN3O2. The molecule has 86 valence electrons. The van der Waals surface area contributed by atoms with Crippen molar-refractivity contribution >= 4 is 13.2 Å². The molecule has 1 aromatic rings. The van der Waals surface area contributed by atoms with Gasteiger partial charge >= 0.3 is 7.25 Å². The highest BCUT2D eigenvalue weighted by atomic mass is 16.7. The summed E-state index contributed by atoms with van der Waals surface area (Å²) < 4.78 is 11.5. The van der Waals surface area contributed by atoms with Gasteiger partial charge in [-0.1, -0.05) is 0 Å². The standard InChI is InChI=1S/C10H16BN3O2/c1-9(2)10(3,4)16-11(15-9)14-8-12-6-5-7-13-8/h5-7H,1-4H3,(H,12,13,14). The van der Waals surface area contributed by atoms with Crippen LogP contribution in [-0.2, 0) is 9.31 Å². The second-order valence-corrected chi connectivity index (χ2v) is 4.80. The van der Waals surface area contributed by atoms with Crippen LogP contribution < -0.4 is 5.23 Å². The molecule has 0 spiro atoms. The van der Waals surface area contributed by atoms with Gasteiger partial charge in [0.15, 0.2) is 0 Å². The van der Waals surface area contributed by atoms with Crippen molar-refractivity contribution < 1.29 is 9.31 Å². The van der Waals surface area contributed by atoms with E-state index >= 15 is 0 Å². The molecule has 0 amide bonds. The molecule has 1 fully saturated rings. The highest BCUT2D eigenvalue weighted by Crippen LogP contribution is 2.36. The monoisotopic (exact) mass is 221 g/mol. The van der Waals surface area contributed by atoms with Crippen molar-refractivity contribution in [1.82, 2.24) is 9.97 Å². The summed E-state index contributed by atoms with van der Waals surface area (Å²) in [6.07, 6.45) is 3.33. The average molecular weight is 221 g/mol. The third kappa shape index (κ3) is 2.03. The molecule has 0 saturated carbocycles. The third-order valence-corrected chi connectivity index (χ3v) is 3.07. The van der Waals surface area contributed by atoms with Gasteiger partial charge in [0.2, 0.25) is 5.95 Å². The van der Waals surface area contributed by atoms with E-state index in [1.807, 2.05) is 27.7 Å². The largest absolute Gasteiger partial charge is 0.593 e. The zero-order chi connectivity index (χ0) is 11.8. The summed E-state index contributed by atoms with van der Waals surface area (Å²) in [5.41, 5.74) is -0.696. The van der Waals surface area contributed by atoms with E-state index in [0.717, 1.165) is 0 Å². The van der Waals surface area contributed by atoms with E-state index in [-0.39, 0.29) is 11.2 Å². The molecule has 1 aliphatic rings. The van der Waals surface area contributed by atoms with Crippen LogP contribution in [0.3, 0.4) is 0 Å². The molecule has 1 aromatic heterocycles. The topological polar surface area (TPSA) is 56.3 Å². The Balaban J connectivity index is 2.05. The van der Waals surface area contributed by atoms with Crippen molar-refractivity contribution in [1.29, 1.82) is 0 Å². The number of anilines is 1. The summed E-state index contributed by atoms with van der Waals surface area (Å²) in [6, 6.07) is 1.76. The van der Waals surface area contributed by atoms with E-state index < -0.39 is 7.25 Å². The Hall–Kier alpha value is -1.14. The lowest BCUT2D eigenvalue weighted by Gasteiger charge is -2.32. The normalized spacial score (nSPS) is 22.1. The summed E-state index contributed by atoms with van der Waals surface area (Å²) >= 11 is 0. The highest BCUT2D eigenvalue weighted by molar-refractivity contribution is 6.49. The zero-order valence-electron chi connectivity index (χ0n) is 10.0. The summed E-state index contributed by atoms with van der Waals surface area (Å²) in [6.45, 7) is 8.00. The van der Waals surface area contributed by atoms with Crippen molar-refractivity contribution in [3.05, 3.63) is 18.5 Å². The maximum Gasteiger partial charge on any atom is 0.593 e. The molecule has 0 aromatic carbocycles. The fourth-order valence-corrected chi connectivity index (χ4v) is 1.38. The molecule has 1 aliphatic heterocycles. The van der Waals surface area contributed by atoms with E-state index in [9.17, 15) is 0 Å². The van der Waals surface area contributed by atoms with E-state index in [1.54, 1.807) is 18.5 Å². The SMILES string of the molecule is CC1(C)OB(Nc2ncccn2)OC1(C)C. The molecular weight excluding hydrogens is 205 g/mol. The van der Waals surface area contributed by atoms with Gasteiger partial charge in [-0.05, 0) is 33.8 Å². The maximum atomic E-state index is 5.75. The van der Waals surface area contributed by atoms with Crippen molar-refractivity contribution in [2.75, 3.05) is 5.23 Å². The number of aromatic nitrogens is 2. The van der Waals surface area contributed by atoms with Gasteiger partial charge in [-0.15, -0.1) is 0 Å². The summed E-state index contributed by atoms with van der Waals surface area (Å²) in [5, 5.41) is 2.99. The molecule has 0 unspecified atom stereocenters. The smallest absolute Gasteiger partial charge is 0.384 e. The van der Waals surface area contributed by atoms with Gasteiger partial charge in [0.1, 0.15) is 0 Å². The molecule has 0 bridgehead atoms. The third-order valence-electron chi connectivity index (χ3n) is 3.07. The van der Waals surface area contributed by atoms with Crippen LogP contribution in [0.25, 0.3) is 0 Å². The Morgan fingerprint density at radius 2 is 1.56 bits per heavy atom. The Morgan fingerprint density at radius 1 is 1.06 bits per heavy atom. The molecule has 16 heavy (non-hydrogen) atoms. The Morgan fingerprint density at radius 3 is 2.06 bits per heavy atom. The molecule has 6 heteroatoms. The number of rotatable bonds is 2. The first-order chi connectivity index (χ1) is 7.41. The van der Waals surface area contributed by atoms with Crippen LogP contribution in [0.2, 0.25) is 0 Å². The van der Waals surface area contributed by atoms with Gasteiger partial charge in [-0.25, -0.2) is 9.97 Å². The quantitative estimate of drug-likeness (QED) is 0.766. The maximum absolute atomic E-state index is 5.75. The minimum atomic E-state index is -0.507. The second-order valence-electron chi connectivity index (χ2n) is 4.80. The first-order valence-electron chi connectivity index (χ1n) is 5.30. The molecule has 2 rings (SSSR count). The number of nitrogens with zero attached hydrogens (tertiary/aromatic N) is 2. The fourth-order valence-electron chi connectivity index (χ4n) is 1.38. The van der Waals surface area contributed by atoms with Crippen molar-refractivity contribution in [2.45, 2.75) is 38.9 Å². The highest BCUT2D eigenvalue weighted by Gasteiger charge is 2.52. The molecule has 1 saturated heterocycles. The summed E-state index contributed by atoms with van der Waals surface area (Å²) in [5.74, 6) is 0.501. The zero-order valence-corrected chi connectivity index (χ0v) is 10.0. The van der Waals surface area contributed by atoms with Crippen molar-refractivity contribution in [2.24, 2.45) is 0 Å². The number of hydrogen-bond acceptors (Lipinski definition) is 5. The minimum Gasteiger partial charge on any atom is -0.384 e. The van der Waals surface area contributed by atoms with Crippen LogP contribution in [0.1, 0.15) is 27.7 Å². The molecule has 0 radical (unpaired) electrons. The van der Waals surface area contributed by atoms with Crippen LogP contribution in [-0.4, -0.2) is 28.4 Å².